The summed E-state index contributed by atoms with van der Waals surface area (Å²) in [6.07, 6.45) is -0.683. The molecule has 0 saturated carbocycles. The van der Waals surface area contributed by atoms with Crippen LogP contribution in [0.4, 0.5) is 10.1 Å². The molecule has 144 valence electrons. The zero-order valence-corrected chi connectivity index (χ0v) is 16.3. The van der Waals surface area contributed by atoms with E-state index in [0.717, 1.165) is 0 Å². The molecule has 1 unspecified atom stereocenters. The average Bonchev–Trinajstić information content (AvgIpc) is 2.96. The maximum atomic E-state index is 15.3. The molecule has 1 atom stereocenters. The lowest BCUT2D eigenvalue weighted by molar-refractivity contribution is -0.139. The van der Waals surface area contributed by atoms with E-state index in [-0.39, 0.29) is 44.9 Å². The molecular weight excluding hydrogens is 398 g/mol. The molecule has 6 nitrogen and oxygen atoms in total. The van der Waals surface area contributed by atoms with Gasteiger partial charge in [-0.3, -0.25) is 0 Å². The molecule has 2 aromatic rings. The van der Waals surface area contributed by atoms with Gasteiger partial charge < -0.3 is 19.9 Å². The number of halogens is 3. The van der Waals surface area contributed by atoms with Crippen molar-refractivity contribution in [1.82, 2.24) is 4.98 Å². The highest BCUT2D eigenvalue weighted by atomic mass is 35.5. The molecule has 0 amide bonds. The number of rotatable bonds is 3. The van der Waals surface area contributed by atoms with Crippen LogP contribution in [0.1, 0.15) is 36.0 Å². The van der Waals surface area contributed by atoms with Crippen LogP contribution in [0.25, 0.3) is 11.3 Å². The minimum atomic E-state index is -0.850. The van der Waals surface area contributed by atoms with Crippen LogP contribution >= 0.6 is 23.2 Å². The van der Waals surface area contributed by atoms with Crippen LogP contribution in [0.2, 0.25) is 10.0 Å². The number of carbonyl (C=O) groups excluding carboxylic acids is 1. The lowest BCUT2D eigenvalue weighted by Crippen LogP contribution is -2.20. The van der Waals surface area contributed by atoms with E-state index in [1.54, 1.807) is 13.8 Å². The summed E-state index contributed by atoms with van der Waals surface area (Å²) >= 11 is 12.2. The largest absolute Gasteiger partial charge is 0.464 e. The fraction of sp³-hybridized carbons (Fsp3) is 0.333. The molecule has 2 heterocycles. The van der Waals surface area contributed by atoms with E-state index in [2.05, 4.69) is 9.72 Å². The molecule has 3 rings (SSSR count). The molecule has 27 heavy (non-hydrogen) atoms. The number of anilines is 1. The van der Waals surface area contributed by atoms with Crippen LogP contribution in [-0.4, -0.2) is 30.5 Å². The fourth-order valence-corrected chi connectivity index (χ4v) is 3.25. The average molecular weight is 415 g/mol. The van der Waals surface area contributed by atoms with Gasteiger partial charge in [0, 0.05) is 16.1 Å². The van der Waals surface area contributed by atoms with Crippen molar-refractivity contribution in [1.29, 1.82) is 0 Å². The second-order valence-electron chi connectivity index (χ2n) is 6.39. The number of hydrogen-bond donors (Lipinski definition) is 1. The molecule has 0 bridgehead atoms. The summed E-state index contributed by atoms with van der Waals surface area (Å²) in [6.45, 7) is 3.61. The summed E-state index contributed by atoms with van der Waals surface area (Å²) in [5.74, 6) is -2.27. The SMILES string of the molecule is COC(=O)c1nc(-c2ccc(Cl)c(C3COC(C)(C)O3)c2F)cc(N)c1Cl. The molecule has 9 heteroatoms. The number of esters is 1. The first-order valence-corrected chi connectivity index (χ1v) is 8.74. The van der Waals surface area contributed by atoms with Gasteiger partial charge in [-0.15, -0.1) is 0 Å². The van der Waals surface area contributed by atoms with Crippen LogP contribution in [0, 0.1) is 5.82 Å². The minimum Gasteiger partial charge on any atom is -0.464 e. The molecule has 1 aromatic carbocycles. The standard InChI is InChI=1S/C18H17Cl2FN2O4/c1-18(2)26-7-12(27-18)13-9(19)5-4-8(15(13)21)11-6-10(22)14(20)16(23-11)17(24)25-3/h4-6,12H,7H2,1-3H3,(H2,22,23). The Kier molecular flexibility index (Phi) is 5.31. The Labute approximate surface area is 165 Å². The number of nitrogen functional groups attached to an aromatic ring is 1. The maximum Gasteiger partial charge on any atom is 0.358 e. The van der Waals surface area contributed by atoms with Crippen molar-refractivity contribution in [3.8, 4) is 11.3 Å². The van der Waals surface area contributed by atoms with E-state index in [4.69, 9.17) is 38.4 Å². The van der Waals surface area contributed by atoms with Crippen LogP contribution in [0.5, 0.6) is 0 Å². The molecule has 0 spiro atoms. The Balaban J connectivity index is 2.13. The van der Waals surface area contributed by atoms with Gasteiger partial charge in [-0.05, 0) is 32.0 Å². The molecule has 1 aliphatic rings. The summed E-state index contributed by atoms with van der Waals surface area (Å²) < 4.78 is 31.2. The number of benzene rings is 1. The van der Waals surface area contributed by atoms with Crippen molar-refractivity contribution >= 4 is 34.9 Å². The van der Waals surface area contributed by atoms with Gasteiger partial charge in [0.15, 0.2) is 11.5 Å². The van der Waals surface area contributed by atoms with Gasteiger partial charge >= 0.3 is 5.97 Å². The highest BCUT2D eigenvalue weighted by molar-refractivity contribution is 6.35. The van der Waals surface area contributed by atoms with E-state index in [1.807, 2.05) is 0 Å². The number of ether oxygens (including phenoxy) is 3. The number of methoxy groups -OCH3 is 1. The molecular formula is C18H17Cl2FN2O4. The van der Waals surface area contributed by atoms with Gasteiger partial charge in [0.05, 0.1) is 30.1 Å². The van der Waals surface area contributed by atoms with Crippen molar-refractivity contribution in [2.24, 2.45) is 0 Å². The van der Waals surface area contributed by atoms with E-state index < -0.39 is 23.7 Å². The molecule has 2 N–H and O–H groups in total. The van der Waals surface area contributed by atoms with E-state index in [1.165, 1.54) is 25.3 Å². The summed E-state index contributed by atoms with van der Waals surface area (Å²) in [5.41, 5.74) is 6.08. The van der Waals surface area contributed by atoms with E-state index >= 15 is 4.39 Å². The third-order valence-corrected chi connectivity index (χ3v) is 4.82. The summed E-state index contributed by atoms with van der Waals surface area (Å²) in [4.78, 5) is 16.0. The van der Waals surface area contributed by atoms with Crippen LogP contribution in [0.15, 0.2) is 18.2 Å². The highest BCUT2D eigenvalue weighted by Gasteiger charge is 2.37. The van der Waals surface area contributed by atoms with Gasteiger partial charge in [-0.2, -0.15) is 0 Å². The van der Waals surface area contributed by atoms with Gasteiger partial charge in [0.1, 0.15) is 11.9 Å². The normalized spacial score (nSPS) is 18.5. The molecule has 1 aliphatic heterocycles. The highest BCUT2D eigenvalue weighted by Crippen LogP contribution is 2.40. The number of nitrogens with zero attached hydrogens (tertiary/aromatic N) is 1. The second-order valence-corrected chi connectivity index (χ2v) is 7.18. The number of pyridine rings is 1. The minimum absolute atomic E-state index is 0.0607. The molecule has 1 aromatic heterocycles. The van der Waals surface area contributed by atoms with E-state index in [9.17, 15) is 4.79 Å². The van der Waals surface area contributed by atoms with Crippen LogP contribution < -0.4 is 5.73 Å². The Morgan fingerprint density at radius 2 is 2.11 bits per heavy atom. The lowest BCUT2D eigenvalue weighted by atomic mass is 10.0. The first kappa shape index (κ1) is 19.8. The Bertz CT molecular complexity index is 921. The molecule has 1 fully saturated rings. The molecule has 1 saturated heterocycles. The van der Waals surface area contributed by atoms with Crippen molar-refractivity contribution in [3.05, 3.63) is 45.3 Å². The van der Waals surface area contributed by atoms with Crippen LogP contribution in [-0.2, 0) is 14.2 Å². The number of aromatic nitrogens is 1. The number of hydrogen-bond acceptors (Lipinski definition) is 6. The van der Waals surface area contributed by atoms with Crippen molar-refractivity contribution < 1.29 is 23.4 Å². The lowest BCUT2D eigenvalue weighted by Gasteiger charge is -2.19. The Morgan fingerprint density at radius 3 is 2.70 bits per heavy atom. The van der Waals surface area contributed by atoms with Crippen molar-refractivity contribution in [3.63, 3.8) is 0 Å². The van der Waals surface area contributed by atoms with E-state index in [0.29, 0.717) is 0 Å². The fourth-order valence-electron chi connectivity index (χ4n) is 2.81. The monoisotopic (exact) mass is 414 g/mol. The van der Waals surface area contributed by atoms with Gasteiger partial charge in [0.2, 0.25) is 0 Å². The predicted molar refractivity (Wildman–Crippen MR) is 99.3 cm³/mol. The predicted octanol–water partition coefficient (Wildman–Crippen LogP) is 4.39. The second kappa shape index (κ2) is 7.24. The van der Waals surface area contributed by atoms with Gasteiger partial charge in [-0.25, -0.2) is 14.2 Å². The maximum absolute atomic E-state index is 15.3. The quantitative estimate of drug-likeness (QED) is 0.749. The molecule has 0 radical (unpaired) electrons. The third-order valence-electron chi connectivity index (χ3n) is 4.10. The zero-order valence-electron chi connectivity index (χ0n) is 14.8. The topological polar surface area (TPSA) is 83.7 Å². The van der Waals surface area contributed by atoms with Gasteiger partial charge in [-0.1, -0.05) is 23.2 Å². The zero-order chi connectivity index (χ0) is 19.9. The summed E-state index contributed by atoms with van der Waals surface area (Å²) in [6, 6.07) is 4.34. The number of nitrogens with two attached hydrogens (primary N) is 1. The first-order chi connectivity index (χ1) is 12.6. The Hall–Kier alpha value is -1.93. The molecule has 0 aliphatic carbocycles. The number of carbonyl (C=O) groups is 1. The summed E-state index contributed by atoms with van der Waals surface area (Å²) in [7, 11) is 1.18. The first-order valence-electron chi connectivity index (χ1n) is 7.99. The van der Waals surface area contributed by atoms with Gasteiger partial charge in [0.25, 0.3) is 0 Å². The van der Waals surface area contributed by atoms with Crippen molar-refractivity contribution in [2.75, 3.05) is 19.5 Å². The smallest absolute Gasteiger partial charge is 0.358 e. The summed E-state index contributed by atoms with van der Waals surface area (Å²) in [5, 5.41) is 0.132. The van der Waals surface area contributed by atoms with Crippen LogP contribution in [0.3, 0.4) is 0 Å². The third kappa shape index (κ3) is 3.73. The van der Waals surface area contributed by atoms with Crippen molar-refractivity contribution in [2.45, 2.75) is 25.7 Å². The Morgan fingerprint density at radius 1 is 1.41 bits per heavy atom.